The van der Waals surface area contributed by atoms with Crippen molar-refractivity contribution in [3.05, 3.63) is 24.3 Å². The zero-order valence-corrected chi connectivity index (χ0v) is 12.1. The Labute approximate surface area is 123 Å². The van der Waals surface area contributed by atoms with Crippen LogP contribution in [0.3, 0.4) is 0 Å². The number of phenols is 1. The number of hydrogen-bond donors (Lipinski definition) is 2. The predicted octanol–water partition coefficient (Wildman–Crippen LogP) is 1.29. The summed E-state index contributed by atoms with van der Waals surface area (Å²) >= 11 is 0. The summed E-state index contributed by atoms with van der Waals surface area (Å²) in [4.78, 5) is 23.0. The van der Waals surface area contributed by atoms with Gasteiger partial charge in [0.05, 0.1) is 12.7 Å². The minimum atomic E-state index is -0.983. The Kier molecular flexibility index (Phi) is 6.68. The average molecular weight is 296 g/mol. The van der Waals surface area contributed by atoms with Gasteiger partial charge < -0.3 is 19.7 Å². The van der Waals surface area contributed by atoms with E-state index >= 15 is 0 Å². The molecule has 0 spiro atoms. The Morgan fingerprint density at radius 1 is 1.24 bits per heavy atom. The molecule has 0 aliphatic heterocycles. The van der Waals surface area contributed by atoms with Crippen molar-refractivity contribution in [2.45, 2.75) is 26.4 Å². The lowest BCUT2D eigenvalue weighted by atomic mass is 9.98. The number of esters is 1. The SMILES string of the molecule is CCOC(=O)C(C[C@H](O)COc1ccc(O)cc1)C(C)=O. The molecule has 0 saturated heterocycles. The van der Waals surface area contributed by atoms with Crippen molar-refractivity contribution in [2.24, 2.45) is 5.92 Å². The molecule has 1 unspecified atom stereocenters. The van der Waals surface area contributed by atoms with Crippen molar-refractivity contribution in [1.29, 1.82) is 0 Å². The number of hydrogen-bond acceptors (Lipinski definition) is 6. The number of aromatic hydroxyl groups is 1. The van der Waals surface area contributed by atoms with E-state index in [-0.39, 0.29) is 31.2 Å². The molecule has 2 N–H and O–H groups in total. The summed E-state index contributed by atoms with van der Waals surface area (Å²) in [6.45, 7) is 3.06. The molecule has 0 radical (unpaired) electrons. The van der Waals surface area contributed by atoms with E-state index < -0.39 is 18.0 Å². The Bertz CT molecular complexity index is 468. The third-order valence-electron chi connectivity index (χ3n) is 2.85. The van der Waals surface area contributed by atoms with Crippen LogP contribution in [0.25, 0.3) is 0 Å². The molecule has 116 valence electrons. The quantitative estimate of drug-likeness (QED) is 0.554. The van der Waals surface area contributed by atoms with Gasteiger partial charge >= 0.3 is 5.97 Å². The van der Waals surface area contributed by atoms with E-state index in [1.54, 1.807) is 19.1 Å². The largest absolute Gasteiger partial charge is 0.508 e. The molecule has 0 fully saturated rings. The number of carbonyl (C=O) groups excluding carboxylic acids is 2. The van der Waals surface area contributed by atoms with Gasteiger partial charge in [0.1, 0.15) is 29.8 Å². The van der Waals surface area contributed by atoms with E-state index in [9.17, 15) is 14.7 Å². The highest BCUT2D eigenvalue weighted by atomic mass is 16.5. The first-order valence-corrected chi connectivity index (χ1v) is 6.71. The van der Waals surface area contributed by atoms with Crippen LogP contribution >= 0.6 is 0 Å². The monoisotopic (exact) mass is 296 g/mol. The molecule has 2 atom stereocenters. The lowest BCUT2D eigenvalue weighted by Crippen LogP contribution is -2.31. The van der Waals surface area contributed by atoms with E-state index in [1.165, 1.54) is 19.1 Å². The van der Waals surface area contributed by atoms with E-state index in [4.69, 9.17) is 14.6 Å². The van der Waals surface area contributed by atoms with Crippen molar-refractivity contribution < 1.29 is 29.3 Å². The van der Waals surface area contributed by atoms with Gasteiger partial charge in [0.25, 0.3) is 0 Å². The van der Waals surface area contributed by atoms with Crippen molar-refractivity contribution >= 4 is 11.8 Å². The maximum atomic E-state index is 11.6. The lowest BCUT2D eigenvalue weighted by Gasteiger charge is -2.17. The van der Waals surface area contributed by atoms with Gasteiger partial charge in [0, 0.05) is 0 Å². The maximum absolute atomic E-state index is 11.6. The van der Waals surface area contributed by atoms with Gasteiger partial charge in [0.2, 0.25) is 0 Å². The highest BCUT2D eigenvalue weighted by Crippen LogP contribution is 2.17. The summed E-state index contributed by atoms with van der Waals surface area (Å²) in [5.41, 5.74) is 0. The fourth-order valence-corrected chi connectivity index (χ4v) is 1.75. The summed E-state index contributed by atoms with van der Waals surface area (Å²) < 4.78 is 10.1. The minimum absolute atomic E-state index is 0.0494. The van der Waals surface area contributed by atoms with Gasteiger partial charge in [-0.1, -0.05) is 0 Å². The zero-order valence-electron chi connectivity index (χ0n) is 12.1. The van der Waals surface area contributed by atoms with Crippen LogP contribution in [0.5, 0.6) is 11.5 Å². The highest BCUT2D eigenvalue weighted by Gasteiger charge is 2.27. The minimum Gasteiger partial charge on any atom is -0.508 e. The summed E-state index contributed by atoms with van der Waals surface area (Å²) in [6.07, 6.45) is -1.02. The van der Waals surface area contributed by atoms with Gasteiger partial charge in [-0.15, -0.1) is 0 Å². The van der Waals surface area contributed by atoms with Crippen LogP contribution in [-0.2, 0) is 14.3 Å². The summed E-state index contributed by atoms with van der Waals surface area (Å²) in [5.74, 6) is -1.38. The first-order valence-electron chi connectivity index (χ1n) is 6.71. The standard InChI is InChI=1S/C15H20O6/c1-3-20-15(19)14(10(2)16)8-12(18)9-21-13-6-4-11(17)5-7-13/h4-7,12,14,17-18H,3,8-9H2,1-2H3/t12-,14?/m0/s1. The van der Waals surface area contributed by atoms with Gasteiger partial charge in [-0.05, 0) is 44.5 Å². The second kappa shape index (κ2) is 8.26. The van der Waals surface area contributed by atoms with Gasteiger partial charge in [0.15, 0.2) is 0 Å². The molecule has 1 aromatic rings. The Morgan fingerprint density at radius 2 is 1.86 bits per heavy atom. The highest BCUT2D eigenvalue weighted by molar-refractivity contribution is 5.97. The smallest absolute Gasteiger partial charge is 0.316 e. The number of aliphatic hydroxyl groups is 1. The van der Waals surface area contributed by atoms with Gasteiger partial charge in [-0.2, -0.15) is 0 Å². The number of ketones is 1. The van der Waals surface area contributed by atoms with Crippen molar-refractivity contribution in [3.63, 3.8) is 0 Å². The molecule has 21 heavy (non-hydrogen) atoms. The fraction of sp³-hybridized carbons (Fsp3) is 0.467. The Hall–Kier alpha value is -2.08. The first kappa shape index (κ1) is 17.0. The van der Waals surface area contributed by atoms with Gasteiger partial charge in [-0.3, -0.25) is 9.59 Å². The van der Waals surface area contributed by atoms with Crippen LogP contribution in [-0.4, -0.2) is 41.3 Å². The number of Topliss-reactive ketones (excluding diaryl/α,β-unsaturated/α-hetero) is 1. The van der Waals surface area contributed by atoms with Crippen LogP contribution in [0.2, 0.25) is 0 Å². The third kappa shape index (κ3) is 5.83. The molecule has 0 aromatic heterocycles. The Morgan fingerprint density at radius 3 is 2.38 bits per heavy atom. The third-order valence-corrected chi connectivity index (χ3v) is 2.85. The van der Waals surface area contributed by atoms with Crippen LogP contribution in [0.15, 0.2) is 24.3 Å². The molecule has 6 nitrogen and oxygen atoms in total. The molecular formula is C15H20O6. The number of carbonyl (C=O) groups is 2. The molecular weight excluding hydrogens is 276 g/mol. The number of ether oxygens (including phenoxy) is 2. The van der Waals surface area contributed by atoms with E-state index in [2.05, 4.69) is 0 Å². The van der Waals surface area contributed by atoms with Crippen LogP contribution in [0.4, 0.5) is 0 Å². The molecule has 0 saturated carbocycles. The maximum Gasteiger partial charge on any atom is 0.316 e. The van der Waals surface area contributed by atoms with E-state index in [1.807, 2.05) is 0 Å². The predicted molar refractivity (Wildman–Crippen MR) is 75.0 cm³/mol. The second-order valence-electron chi connectivity index (χ2n) is 4.61. The zero-order chi connectivity index (χ0) is 15.8. The van der Waals surface area contributed by atoms with Crippen molar-refractivity contribution in [1.82, 2.24) is 0 Å². The van der Waals surface area contributed by atoms with E-state index in [0.717, 1.165) is 0 Å². The summed E-state index contributed by atoms with van der Waals surface area (Å²) in [7, 11) is 0. The number of rotatable bonds is 8. The van der Waals surface area contributed by atoms with Crippen LogP contribution in [0.1, 0.15) is 20.3 Å². The average Bonchev–Trinajstić information content (AvgIpc) is 2.44. The number of phenolic OH excluding ortho intramolecular Hbond substituents is 1. The molecule has 0 heterocycles. The van der Waals surface area contributed by atoms with Crippen LogP contribution < -0.4 is 4.74 Å². The van der Waals surface area contributed by atoms with E-state index in [0.29, 0.717) is 5.75 Å². The van der Waals surface area contributed by atoms with Gasteiger partial charge in [-0.25, -0.2) is 0 Å². The molecule has 6 heteroatoms. The Balaban J connectivity index is 2.50. The summed E-state index contributed by atoms with van der Waals surface area (Å²) in [5, 5.41) is 19.0. The number of benzene rings is 1. The normalized spacial score (nSPS) is 13.3. The van der Waals surface area contributed by atoms with Crippen molar-refractivity contribution in [3.8, 4) is 11.5 Å². The fourth-order valence-electron chi connectivity index (χ4n) is 1.75. The first-order chi connectivity index (χ1) is 9.93. The molecule has 0 aliphatic rings. The lowest BCUT2D eigenvalue weighted by molar-refractivity contribution is -0.152. The molecule has 1 rings (SSSR count). The molecule has 0 bridgehead atoms. The number of aliphatic hydroxyl groups excluding tert-OH is 1. The molecule has 1 aromatic carbocycles. The topological polar surface area (TPSA) is 93.1 Å². The van der Waals surface area contributed by atoms with Crippen molar-refractivity contribution in [2.75, 3.05) is 13.2 Å². The molecule has 0 amide bonds. The van der Waals surface area contributed by atoms with Crippen LogP contribution in [0, 0.1) is 5.92 Å². The molecule has 0 aliphatic carbocycles. The summed E-state index contributed by atoms with van der Waals surface area (Å²) in [6, 6.07) is 6.02. The second-order valence-corrected chi connectivity index (χ2v) is 4.61.